The van der Waals surface area contributed by atoms with Gasteiger partial charge in [-0.15, -0.1) is 0 Å². The number of aryl methyl sites for hydroxylation is 1. The van der Waals surface area contributed by atoms with E-state index < -0.39 is 0 Å². The van der Waals surface area contributed by atoms with E-state index in [2.05, 4.69) is 29.4 Å². The third kappa shape index (κ3) is 2.76. The van der Waals surface area contributed by atoms with Crippen LogP contribution in [0.1, 0.15) is 41.4 Å². The number of H-pyrrole nitrogens is 2. The Balaban J connectivity index is 2.33. The molecule has 1 aromatic heterocycles. The van der Waals surface area contributed by atoms with Crippen LogP contribution in [0.5, 0.6) is 0 Å². The Bertz CT molecular complexity index is 653. The highest BCUT2D eigenvalue weighted by Crippen LogP contribution is 2.27. The number of benzene rings is 1. The summed E-state index contributed by atoms with van der Waals surface area (Å²) in [6.07, 6.45) is 0. The molecule has 0 spiro atoms. The molecule has 1 heterocycles. The van der Waals surface area contributed by atoms with Crippen LogP contribution in [0.15, 0.2) is 29.1 Å². The lowest BCUT2D eigenvalue weighted by atomic mass is 9.98. The third-order valence-electron chi connectivity index (χ3n) is 3.01. The third-order valence-corrected chi connectivity index (χ3v) is 3.01. The minimum Gasteiger partial charge on any atom is -0.320 e. The Kier molecular flexibility index (Phi) is 3.55. The quantitative estimate of drug-likeness (QED) is 0.791. The second-order valence-electron chi connectivity index (χ2n) is 4.82. The van der Waals surface area contributed by atoms with Gasteiger partial charge < -0.3 is 5.32 Å². The van der Waals surface area contributed by atoms with Gasteiger partial charge in [-0.05, 0) is 24.0 Å². The van der Waals surface area contributed by atoms with Crippen molar-refractivity contribution in [2.24, 2.45) is 0 Å². The smallest absolute Gasteiger partial charge is 0.273 e. The number of anilines is 1. The van der Waals surface area contributed by atoms with Crippen LogP contribution in [0.3, 0.4) is 0 Å². The molecule has 0 aliphatic carbocycles. The number of amides is 1. The van der Waals surface area contributed by atoms with Crippen LogP contribution in [-0.2, 0) is 0 Å². The summed E-state index contributed by atoms with van der Waals surface area (Å²) < 4.78 is 0. The van der Waals surface area contributed by atoms with Crippen LogP contribution < -0.4 is 10.9 Å². The van der Waals surface area contributed by atoms with Crippen LogP contribution >= 0.6 is 0 Å². The van der Waals surface area contributed by atoms with Gasteiger partial charge in [0, 0.05) is 11.8 Å². The summed E-state index contributed by atoms with van der Waals surface area (Å²) in [4.78, 5) is 23.1. The highest BCUT2D eigenvalue weighted by Gasteiger charge is 2.14. The van der Waals surface area contributed by atoms with E-state index in [1.807, 2.05) is 25.1 Å². The molecule has 5 nitrogen and oxygen atoms in total. The van der Waals surface area contributed by atoms with Crippen molar-refractivity contribution in [3.05, 3.63) is 51.4 Å². The van der Waals surface area contributed by atoms with Gasteiger partial charge in [-0.25, -0.2) is 0 Å². The molecule has 5 heteroatoms. The minimum absolute atomic E-state index is 0.225. The Morgan fingerprint density at radius 3 is 2.58 bits per heavy atom. The highest BCUT2D eigenvalue weighted by molar-refractivity contribution is 6.03. The van der Waals surface area contributed by atoms with E-state index in [9.17, 15) is 9.59 Å². The van der Waals surface area contributed by atoms with Gasteiger partial charge in [0.2, 0.25) is 0 Å². The average Bonchev–Trinajstić information content (AvgIpc) is 2.78. The molecule has 2 aromatic rings. The summed E-state index contributed by atoms with van der Waals surface area (Å²) in [6.45, 7) is 6.09. The van der Waals surface area contributed by atoms with Crippen molar-refractivity contribution < 1.29 is 4.79 Å². The molecule has 0 saturated carbocycles. The average molecular weight is 259 g/mol. The second kappa shape index (κ2) is 5.14. The number of hydrogen-bond donors (Lipinski definition) is 3. The van der Waals surface area contributed by atoms with Crippen molar-refractivity contribution in [1.82, 2.24) is 10.2 Å². The molecule has 0 unspecified atom stereocenters. The molecule has 0 fully saturated rings. The molecular weight excluding hydrogens is 242 g/mol. The van der Waals surface area contributed by atoms with E-state index >= 15 is 0 Å². The maximum atomic E-state index is 12.1. The normalized spacial score (nSPS) is 10.7. The number of aromatic amines is 2. The van der Waals surface area contributed by atoms with Crippen molar-refractivity contribution in [2.45, 2.75) is 26.7 Å². The summed E-state index contributed by atoms with van der Waals surface area (Å²) >= 11 is 0. The molecular formula is C14H17N3O2. The van der Waals surface area contributed by atoms with Gasteiger partial charge >= 0.3 is 0 Å². The van der Waals surface area contributed by atoms with Gasteiger partial charge in [-0.2, -0.15) is 0 Å². The summed E-state index contributed by atoms with van der Waals surface area (Å²) in [6, 6.07) is 7.15. The van der Waals surface area contributed by atoms with Gasteiger partial charge in [0.1, 0.15) is 5.69 Å². The number of nitrogens with one attached hydrogen (secondary N) is 3. The van der Waals surface area contributed by atoms with Crippen LogP contribution in [0, 0.1) is 6.92 Å². The van der Waals surface area contributed by atoms with E-state index in [1.54, 1.807) is 0 Å². The van der Waals surface area contributed by atoms with Crippen LogP contribution in [0.2, 0.25) is 0 Å². The van der Waals surface area contributed by atoms with E-state index in [1.165, 1.54) is 6.07 Å². The first kappa shape index (κ1) is 13.1. The molecule has 0 aliphatic heterocycles. The van der Waals surface area contributed by atoms with Crippen molar-refractivity contribution >= 4 is 11.6 Å². The van der Waals surface area contributed by atoms with Crippen molar-refractivity contribution in [1.29, 1.82) is 0 Å². The molecule has 2 rings (SSSR count). The minimum atomic E-state index is -0.324. The number of carbonyl (C=O) groups is 1. The molecule has 3 N–H and O–H groups in total. The van der Waals surface area contributed by atoms with Gasteiger partial charge in [-0.1, -0.05) is 32.0 Å². The molecule has 0 saturated heterocycles. The predicted octanol–water partition coefficient (Wildman–Crippen LogP) is 2.39. The zero-order valence-corrected chi connectivity index (χ0v) is 11.2. The molecule has 19 heavy (non-hydrogen) atoms. The lowest BCUT2D eigenvalue weighted by molar-refractivity contribution is 0.102. The zero-order valence-electron chi connectivity index (χ0n) is 11.2. The molecule has 100 valence electrons. The SMILES string of the molecule is Cc1cccc(C(C)C)c1NC(=O)c1cc(=O)[nH][nH]1. The molecule has 1 amide bonds. The van der Waals surface area contributed by atoms with Gasteiger partial charge in [-0.3, -0.25) is 19.8 Å². The summed E-state index contributed by atoms with van der Waals surface area (Å²) in [5.41, 5.74) is 2.79. The Hall–Kier alpha value is -2.30. The lowest BCUT2D eigenvalue weighted by Gasteiger charge is -2.15. The van der Waals surface area contributed by atoms with Gasteiger partial charge in [0.25, 0.3) is 11.5 Å². The van der Waals surface area contributed by atoms with Crippen LogP contribution in [0.4, 0.5) is 5.69 Å². The number of para-hydroxylation sites is 1. The number of rotatable bonds is 3. The summed E-state index contributed by atoms with van der Waals surface area (Å²) in [7, 11) is 0. The topological polar surface area (TPSA) is 77.8 Å². The molecule has 0 radical (unpaired) electrons. The first-order valence-electron chi connectivity index (χ1n) is 6.17. The molecule has 0 atom stereocenters. The van der Waals surface area contributed by atoms with Crippen molar-refractivity contribution in [3.63, 3.8) is 0 Å². The van der Waals surface area contributed by atoms with Gasteiger partial charge in [0.15, 0.2) is 0 Å². The zero-order chi connectivity index (χ0) is 14.0. The summed E-state index contributed by atoms with van der Waals surface area (Å²) in [5, 5.41) is 7.75. The van der Waals surface area contributed by atoms with E-state index in [-0.39, 0.29) is 17.2 Å². The van der Waals surface area contributed by atoms with Crippen molar-refractivity contribution in [3.8, 4) is 0 Å². The maximum Gasteiger partial charge on any atom is 0.273 e. The molecule has 0 aliphatic rings. The number of carbonyl (C=O) groups excluding carboxylic acids is 1. The first-order chi connectivity index (χ1) is 8.99. The molecule has 1 aromatic carbocycles. The fourth-order valence-electron chi connectivity index (χ4n) is 1.98. The monoisotopic (exact) mass is 259 g/mol. The Morgan fingerprint density at radius 1 is 1.26 bits per heavy atom. The maximum absolute atomic E-state index is 12.1. The van der Waals surface area contributed by atoms with E-state index in [0.29, 0.717) is 5.92 Å². The Labute approximate surface area is 111 Å². The van der Waals surface area contributed by atoms with Crippen LogP contribution in [-0.4, -0.2) is 16.1 Å². The summed E-state index contributed by atoms with van der Waals surface area (Å²) in [5.74, 6) is -0.0185. The largest absolute Gasteiger partial charge is 0.320 e. The number of hydrogen-bond acceptors (Lipinski definition) is 2. The predicted molar refractivity (Wildman–Crippen MR) is 74.6 cm³/mol. The van der Waals surface area contributed by atoms with E-state index in [0.717, 1.165) is 16.8 Å². The second-order valence-corrected chi connectivity index (χ2v) is 4.82. The van der Waals surface area contributed by atoms with Crippen LogP contribution in [0.25, 0.3) is 0 Å². The lowest BCUT2D eigenvalue weighted by Crippen LogP contribution is -2.15. The number of aromatic nitrogens is 2. The van der Waals surface area contributed by atoms with Gasteiger partial charge in [0.05, 0.1) is 0 Å². The fourth-order valence-corrected chi connectivity index (χ4v) is 1.98. The standard InChI is InChI=1S/C14H17N3O2/c1-8(2)10-6-4-5-9(3)13(10)15-14(19)11-7-12(18)17-16-11/h4-8H,1-3H3,(H,15,19)(H2,16,17,18). The van der Waals surface area contributed by atoms with E-state index in [4.69, 9.17) is 0 Å². The first-order valence-corrected chi connectivity index (χ1v) is 6.17. The fraction of sp³-hybridized carbons (Fsp3) is 0.286. The highest BCUT2D eigenvalue weighted by atomic mass is 16.2. The Morgan fingerprint density at radius 2 is 2.00 bits per heavy atom. The van der Waals surface area contributed by atoms with Crippen molar-refractivity contribution in [2.75, 3.05) is 5.32 Å². The molecule has 0 bridgehead atoms.